The van der Waals surface area contributed by atoms with Crippen LogP contribution in [0.4, 0.5) is 10.5 Å². The smallest absolute Gasteiger partial charge is 0.319 e. The third-order valence-electron chi connectivity index (χ3n) is 2.76. The van der Waals surface area contributed by atoms with E-state index in [1.54, 1.807) is 36.4 Å². The molecular formula is C15H15ClN2O2. The molecule has 5 heteroatoms. The molecule has 0 aliphatic carbocycles. The molecule has 0 heterocycles. The van der Waals surface area contributed by atoms with Crippen molar-refractivity contribution in [1.29, 1.82) is 0 Å². The summed E-state index contributed by atoms with van der Waals surface area (Å²) >= 11 is 5.94. The highest BCUT2D eigenvalue weighted by molar-refractivity contribution is 6.33. The van der Waals surface area contributed by atoms with Gasteiger partial charge in [-0.05, 0) is 17.7 Å². The fourth-order valence-corrected chi connectivity index (χ4v) is 1.89. The molecule has 2 rings (SSSR count). The fourth-order valence-electron chi connectivity index (χ4n) is 1.71. The second-order valence-electron chi connectivity index (χ2n) is 4.24. The quantitative estimate of drug-likeness (QED) is 0.810. The third kappa shape index (κ3) is 3.98. The van der Waals surface area contributed by atoms with Crippen LogP contribution in [0.2, 0.25) is 5.02 Å². The number of rotatable bonds is 4. The summed E-state index contributed by atoms with van der Waals surface area (Å²) in [6, 6.07) is 15.7. The number of para-hydroxylation sites is 1. The molecule has 4 nitrogen and oxygen atoms in total. The molecule has 0 saturated heterocycles. The molecule has 0 aliphatic rings. The number of anilines is 1. The minimum atomic E-state index is -0.742. The van der Waals surface area contributed by atoms with Crippen molar-refractivity contribution in [1.82, 2.24) is 5.32 Å². The van der Waals surface area contributed by atoms with E-state index in [-0.39, 0.29) is 6.54 Å². The number of benzene rings is 2. The van der Waals surface area contributed by atoms with Crippen molar-refractivity contribution in [2.24, 2.45) is 0 Å². The number of aliphatic hydroxyl groups excluding tert-OH is 1. The van der Waals surface area contributed by atoms with Crippen LogP contribution in [0.3, 0.4) is 0 Å². The van der Waals surface area contributed by atoms with Gasteiger partial charge >= 0.3 is 6.03 Å². The van der Waals surface area contributed by atoms with E-state index in [0.29, 0.717) is 10.7 Å². The zero-order chi connectivity index (χ0) is 14.4. The summed E-state index contributed by atoms with van der Waals surface area (Å²) < 4.78 is 0. The highest BCUT2D eigenvalue weighted by Crippen LogP contribution is 2.20. The number of hydrogen-bond acceptors (Lipinski definition) is 2. The Morgan fingerprint density at radius 3 is 2.45 bits per heavy atom. The number of aliphatic hydroxyl groups is 1. The Hall–Kier alpha value is -2.04. The van der Waals surface area contributed by atoms with E-state index in [4.69, 9.17) is 11.6 Å². The van der Waals surface area contributed by atoms with Gasteiger partial charge in [-0.3, -0.25) is 0 Å². The minimum absolute atomic E-state index is 0.125. The molecule has 0 fully saturated rings. The van der Waals surface area contributed by atoms with Crippen LogP contribution in [0.5, 0.6) is 0 Å². The van der Waals surface area contributed by atoms with E-state index in [1.165, 1.54) is 0 Å². The normalized spacial score (nSPS) is 11.7. The predicted molar refractivity (Wildman–Crippen MR) is 79.9 cm³/mol. The Kier molecular flexibility index (Phi) is 4.98. The third-order valence-corrected chi connectivity index (χ3v) is 3.09. The lowest BCUT2D eigenvalue weighted by molar-refractivity contribution is 0.175. The molecule has 0 aromatic heterocycles. The first-order valence-corrected chi connectivity index (χ1v) is 6.57. The molecule has 2 aromatic rings. The summed E-state index contributed by atoms with van der Waals surface area (Å²) in [5.74, 6) is 0. The number of hydrogen-bond donors (Lipinski definition) is 3. The number of nitrogens with one attached hydrogen (secondary N) is 2. The van der Waals surface area contributed by atoms with Crippen LogP contribution in [0.15, 0.2) is 54.6 Å². The van der Waals surface area contributed by atoms with Gasteiger partial charge in [0.05, 0.1) is 16.8 Å². The second-order valence-corrected chi connectivity index (χ2v) is 4.65. The van der Waals surface area contributed by atoms with Gasteiger partial charge in [0, 0.05) is 6.54 Å². The number of urea groups is 1. The Bertz CT molecular complexity index is 575. The first-order valence-electron chi connectivity index (χ1n) is 6.19. The Labute approximate surface area is 122 Å². The Balaban J connectivity index is 1.85. The van der Waals surface area contributed by atoms with Gasteiger partial charge in [0.15, 0.2) is 0 Å². The summed E-state index contributed by atoms with van der Waals surface area (Å²) in [5.41, 5.74) is 1.28. The van der Waals surface area contributed by atoms with E-state index in [9.17, 15) is 9.90 Å². The second kappa shape index (κ2) is 6.93. The molecule has 104 valence electrons. The molecule has 0 radical (unpaired) electrons. The van der Waals surface area contributed by atoms with Gasteiger partial charge in [-0.25, -0.2) is 4.79 Å². The van der Waals surface area contributed by atoms with Crippen molar-refractivity contribution in [2.45, 2.75) is 6.10 Å². The maximum Gasteiger partial charge on any atom is 0.319 e. The first kappa shape index (κ1) is 14.4. The van der Waals surface area contributed by atoms with Crippen LogP contribution >= 0.6 is 11.6 Å². The van der Waals surface area contributed by atoms with Gasteiger partial charge in [0.1, 0.15) is 0 Å². The standard InChI is InChI=1S/C15H15ClN2O2/c16-12-8-4-5-9-13(12)18-15(20)17-10-14(19)11-6-2-1-3-7-11/h1-9,14,19H,10H2,(H2,17,18,20). The SMILES string of the molecule is O=C(NCC(O)c1ccccc1)Nc1ccccc1Cl. The first-order chi connectivity index (χ1) is 9.66. The Morgan fingerprint density at radius 2 is 1.75 bits per heavy atom. The fraction of sp³-hybridized carbons (Fsp3) is 0.133. The van der Waals surface area contributed by atoms with Crippen molar-refractivity contribution in [3.63, 3.8) is 0 Å². The molecule has 0 spiro atoms. The van der Waals surface area contributed by atoms with Gasteiger partial charge in [-0.15, -0.1) is 0 Å². The van der Waals surface area contributed by atoms with E-state index in [1.807, 2.05) is 18.2 Å². The number of carbonyl (C=O) groups is 1. The number of carbonyl (C=O) groups excluding carboxylic acids is 1. The summed E-state index contributed by atoms with van der Waals surface area (Å²) in [5, 5.41) is 15.6. The predicted octanol–water partition coefficient (Wildman–Crippen LogP) is 3.20. The van der Waals surface area contributed by atoms with Crippen molar-refractivity contribution in [2.75, 3.05) is 11.9 Å². The minimum Gasteiger partial charge on any atom is -0.387 e. The molecule has 0 bridgehead atoms. The molecular weight excluding hydrogens is 276 g/mol. The van der Waals surface area contributed by atoms with Crippen LogP contribution in [0.1, 0.15) is 11.7 Å². The van der Waals surface area contributed by atoms with Crippen LogP contribution in [-0.4, -0.2) is 17.7 Å². The van der Waals surface area contributed by atoms with Gasteiger partial charge in [-0.1, -0.05) is 54.1 Å². The van der Waals surface area contributed by atoms with Crippen molar-refractivity contribution in [3.8, 4) is 0 Å². The van der Waals surface area contributed by atoms with Crippen LogP contribution in [0.25, 0.3) is 0 Å². The largest absolute Gasteiger partial charge is 0.387 e. The van der Waals surface area contributed by atoms with E-state index in [2.05, 4.69) is 10.6 Å². The highest BCUT2D eigenvalue weighted by atomic mass is 35.5. The van der Waals surface area contributed by atoms with Gasteiger partial charge in [0.25, 0.3) is 0 Å². The zero-order valence-electron chi connectivity index (χ0n) is 10.7. The lowest BCUT2D eigenvalue weighted by Crippen LogP contribution is -2.32. The molecule has 1 unspecified atom stereocenters. The van der Waals surface area contributed by atoms with Crippen LogP contribution < -0.4 is 10.6 Å². The maximum atomic E-state index is 11.7. The average molecular weight is 291 g/mol. The average Bonchev–Trinajstić information content (AvgIpc) is 2.48. The molecule has 3 N–H and O–H groups in total. The highest BCUT2D eigenvalue weighted by Gasteiger charge is 2.09. The molecule has 20 heavy (non-hydrogen) atoms. The van der Waals surface area contributed by atoms with Crippen LogP contribution in [-0.2, 0) is 0 Å². The van der Waals surface area contributed by atoms with Crippen LogP contribution in [0, 0.1) is 0 Å². The maximum absolute atomic E-state index is 11.7. The number of amides is 2. The molecule has 2 aromatic carbocycles. The molecule has 1 atom stereocenters. The molecule has 0 aliphatic heterocycles. The summed E-state index contributed by atoms with van der Waals surface area (Å²) in [4.78, 5) is 11.7. The van der Waals surface area contributed by atoms with Crippen molar-refractivity contribution < 1.29 is 9.90 Å². The molecule has 0 saturated carbocycles. The number of halogens is 1. The lowest BCUT2D eigenvalue weighted by Gasteiger charge is -2.13. The summed E-state index contributed by atoms with van der Waals surface area (Å²) in [7, 11) is 0. The van der Waals surface area contributed by atoms with E-state index >= 15 is 0 Å². The summed E-state index contributed by atoms with van der Waals surface area (Å²) in [6.45, 7) is 0.125. The lowest BCUT2D eigenvalue weighted by atomic mass is 10.1. The van der Waals surface area contributed by atoms with E-state index < -0.39 is 12.1 Å². The monoisotopic (exact) mass is 290 g/mol. The zero-order valence-corrected chi connectivity index (χ0v) is 11.5. The van der Waals surface area contributed by atoms with Crippen molar-refractivity contribution >= 4 is 23.3 Å². The summed E-state index contributed by atoms with van der Waals surface area (Å²) in [6.07, 6.45) is -0.742. The van der Waals surface area contributed by atoms with Gasteiger partial charge in [-0.2, -0.15) is 0 Å². The van der Waals surface area contributed by atoms with E-state index in [0.717, 1.165) is 5.56 Å². The molecule has 2 amide bonds. The Morgan fingerprint density at radius 1 is 1.10 bits per heavy atom. The van der Waals surface area contributed by atoms with Crippen molar-refractivity contribution in [3.05, 3.63) is 65.2 Å². The van der Waals surface area contributed by atoms with Gasteiger partial charge in [0.2, 0.25) is 0 Å². The van der Waals surface area contributed by atoms with Gasteiger partial charge < -0.3 is 15.7 Å². The topological polar surface area (TPSA) is 61.4 Å².